The molecule has 3 heteroatoms. The monoisotopic (exact) mass is 260 g/mol. The lowest BCUT2D eigenvalue weighted by Crippen LogP contribution is -2.56. The number of rotatable bonds is 3. The number of carbonyl (C=O) groups excluding carboxylic acids is 1. The molecule has 1 aromatic rings. The molecule has 1 fully saturated rings. The van der Waals surface area contributed by atoms with Crippen molar-refractivity contribution in [3.63, 3.8) is 0 Å². The summed E-state index contributed by atoms with van der Waals surface area (Å²) in [5, 5.41) is 0. The average molecular weight is 260 g/mol. The Morgan fingerprint density at radius 2 is 1.95 bits per heavy atom. The van der Waals surface area contributed by atoms with Gasteiger partial charge in [0.25, 0.3) is 5.91 Å². The van der Waals surface area contributed by atoms with Crippen molar-refractivity contribution in [1.29, 1.82) is 0 Å². The van der Waals surface area contributed by atoms with Gasteiger partial charge in [0.2, 0.25) is 0 Å². The fourth-order valence-corrected chi connectivity index (χ4v) is 2.71. The molecule has 2 rings (SSSR count). The molecule has 3 nitrogen and oxygen atoms in total. The van der Waals surface area contributed by atoms with Crippen LogP contribution in [-0.2, 0) is 0 Å². The number of hydrogen-bond acceptors (Lipinski definition) is 2. The molecule has 1 aromatic carbocycles. The van der Waals surface area contributed by atoms with Crippen molar-refractivity contribution in [3.8, 4) is 0 Å². The van der Waals surface area contributed by atoms with E-state index in [1.54, 1.807) is 0 Å². The minimum atomic E-state index is 0.177. The average Bonchev–Trinajstić information content (AvgIpc) is 2.46. The number of amides is 1. The van der Waals surface area contributed by atoms with Crippen LogP contribution < -0.4 is 0 Å². The lowest BCUT2D eigenvalue weighted by molar-refractivity contribution is 0.0377. The van der Waals surface area contributed by atoms with Gasteiger partial charge in [-0.2, -0.15) is 0 Å². The third-order valence-electron chi connectivity index (χ3n) is 4.00. The Kier molecular flexibility index (Phi) is 4.59. The van der Waals surface area contributed by atoms with Crippen LogP contribution in [0.1, 0.15) is 37.6 Å². The molecule has 1 aliphatic heterocycles. The molecule has 1 amide bonds. The van der Waals surface area contributed by atoms with Crippen molar-refractivity contribution < 1.29 is 4.79 Å². The summed E-state index contributed by atoms with van der Waals surface area (Å²) in [5.41, 5.74) is 0.805. The molecule has 1 saturated heterocycles. The van der Waals surface area contributed by atoms with Gasteiger partial charge in [0.05, 0.1) is 0 Å². The minimum absolute atomic E-state index is 0.177. The maximum absolute atomic E-state index is 12.6. The van der Waals surface area contributed by atoms with E-state index >= 15 is 0 Å². The lowest BCUT2D eigenvalue weighted by atomic mass is 10.1. The van der Waals surface area contributed by atoms with Crippen LogP contribution in [0.3, 0.4) is 0 Å². The summed E-state index contributed by atoms with van der Waals surface area (Å²) >= 11 is 0. The Bertz CT molecular complexity index is 416. The SMILES string of the molecule is CCC1CN(C(C)C)CCN1C(=O)c1ccccc1. The maximum atomic E-state index is 12.6. The second kappa shape index (κ2) is 6.20. The summed E-state index contributed by atoms with van der Waals surface area (Å²) in [7, 11) is 0. The topological polar surface area (TPSA) is 23.6 Å². The molecule has 0 spiro atoms. The maximum Gasteiger partial charge on any atom is 0.254 e. The Morgan fingerprint density at radius 3 is 2.53 bits per heavy atom. The molecule has 104 valence electrons. The molecule has 0 N–H and O–H groups in total. The van der Waals surface area contributed by atoms with E-state index in [-0.39, 0.29) is 5.91 Å². The van der Waals surface area contributed by atoms with Crippen LogP contribution in [0.5, 0.6) is 0 Å². The fourth-order valence-electron chi connectivity index (χ4n) is 2.71. The second-order valence-electron chi connectivity index (χ2n) is 5.52. The first-order valence-corrected chi connectivity index (χ1v) is 7.23. The number of nitrogens with zero attached hydrogens (tertiary/aromatic N) is 2. The van der Waals surface area contributed by atoms with Crippen LogP contribution in [0.25, 0.3) is 0 Å². The summed E-state index contributed by atoms with van der Waals surface area (Å²) in [5.74, 6) is 0.177. The third-order valence-corrected chi connectivity index (χ3v) is 4.00. The van der Waals surface area contributed by atoms with Gasteiger partial charge < -0.3 is 4.90 Å². The Morgan fingerprint density at radius 1 is 1.26 bits per heavy atom. The van der Waals surface area contributed by atoms with Gasteiger partial charge in [-0.05, 0) is 32.4 Å². The van der Waals surface area contributed by atoms with Crippen LogP contribution in [0.4, 0.5) is 0 Å². The van der Waals surface area contributed by atoms with Crippen molar-refractivity contribution in [3.05, 3.63) is 35.9 Å². The van der Waals surface area contributed by atoms with Gasteiger partial charge in [-0.1, -0.05) is 25.1 Å². The highest BCUT2D eigenvalue weighted by molar-refractivity contribution is 5.94. The smallest absolute Gasteiger partial charge is 0.254 e. The van der Waals surface area contributed by atoms with Gasteiger partial charge in [0.15, 0.2) is 0 Å². The molecule has 19 heavy (non-hydrogen) atoms. The first kappa shape index (κ1) is 14.1. The van der Waals surface area contributed by atoms with E-state index in [9.17, 15) is 4.79 Å². The Labute approximate surface area is 116 Å². The van der Waals surface area contributed by atoms with Crippen LogP contribution in [0, 0.1) is 0 Å². The second-order valence-corrected chi connectivity index (χ2v) is 5.52. The zero-order chi connectivity index (χ0) is 13.8. The highest BCUT2D eigenvalue weighted by atomic mass is 16.2. The van der Waals surface area contributed by atoms with Crippen LogP contribution >= 0.6 is 0 Å². The molecular weight excluding hydrogens is 236 g/mol. The van der Waals surface area contributed by atoms with E-state index in [1.165, 1.54) is 0 Å². The van der Waals surface area contributed by atoms with Crippen molar-refractivity contribution >= 4 is 5.91 Å². The van der Waals surface area contributed by atoms with E-state index in [0.717, 1.165) is 31.6 Å². The van der Waals surface area contributed by atoms with Crippen LogP contribution in [0.2, 0.25) is 0 Å². The van der Waals surface area contributed by atoms with Crippen molar-refractivity contribution in [2.24, 2.45) is 0 Å². The molecule has 1 heterocycles. The normalized spacial score (nSPS) is 20.8. The zero-order valence-corrected chi connectivity index (χ0v) is 12.2. The van der Waals surface area contributed by atoms with Crippen LogP contribution in [0.15, 0.2) is 30.3 Å². The van der Waals surface area contributed by atoms with E-state index < -0.39 is 0 Å². The Hall–Kier alpha value is -1.35. The zero-order valence-electron chi connectivity index (χ0n) is 12.2. The molecule has 0 aromatic heterocycles. The molecule has 1 aliphatic rings. The lowest BCUT2D eigenvalue weighted by Gasteiger charge is -2.43. The predicted octanol–water partition coefficient (Wildman–Crippen LogP) is 2.63. The highest BCUT2D eigenvalue weighted by Gasteiger charge is 2.30. The fraction of sp³-hybridized carbons (Fsp3) is 0.562. The largest absolute Gasteiger partial charge is 0.333 e. The quantitative estimate of drug-likeness (QED) is 0.834. The summed E-state index contributed by atoms with van der Waals surface area (Å²) in [6, 6.07) is 10.5. The molecule has 1 unspecified atom stereocenters. The highest BCUT2D eigenvalue weighted by Crippen LogP contribution is 2.18. The molecule has 0 aliphatic carbocycles. The number of piperazine rings is 1. The van der Waals surface area contributed by atoms with Gasteiger partial charge in [-0.25, -0.2) is 0 Å². The van der Waals surface area contributed by atoms with Crippen molar-refractivity contribution in [2.45, 2.75) is 39.3 Å². The number of carbonyl (C=O) groups is 1. The van der Waals surface area contributed by atoms with Gasteiger partial charge in [-0.15, -0.1) is 0 Å². The summed E-state index contributed by atoms with van der Waals surface area (Å²) in [4.78, 5) is 17.1. The van der Waals surface area contributed by atoms with Crippen LogP contribution in [-0.4, -0.2) is 47.4 Å². The first-order chi connectivity index (χ1) is 9.13. The van der Waals surface area contributed by atoms with Crippen molar-refractivity contribution in [1.82, 2.24) is 9.80 Å². The summed E-state index contributed by atoms with van der Waals surface area (Å²) in [6.45, 7) is 9.42. The Balaban J connectivity index is 2.10. The molecular formula is C16H24N2O. The third kappa shape index (κ3) is 3.16. The molecule has 0 bridgehead atoms. The van der Waals surface area contributed by atoms with E-state index in [2.05, 4.69) is 25.7 Å². The molecule has 1 atom stereocenters. The van der Waals surface area contributed by atoms with E-state index in [0.29, 0.717) is 12.1 Å². The molecule has 0 radical (unpaired) electrons. The molecule has 0 saturated carbocycles. The van der Waals surface area contributed by atoms with Gasteiger partial charge in [0, 0.05) is 37.3 Å². The predicted molar refractivity (Wildman–Crippen MR) is 78.3 cm³/mol. The van der Waals surface area contributed by atoms with Crippen molar-refractivity contribution in [2.75, 3.05) is 19.6 Å². The standard InChI is InChI=1S/C16H24N2O/c1-4-15-12-17(13(2)3)10-11-18(15)16(19)14-8-6-5-7-9-14/h5-9,13,15H,4,10-12H2,1-3H3. The van der Waals surface area contributed by atoms with E-state index in [1.807, 2.05) is 35.2 Å². The van der Waals surface area contributed by atoms with Gasteiger partial charge in [0.1, 0.15) is 0 Å². The first-order valence-electron chi connectivity index (χ1n) is 7.23. The summed E-state index contributed by atoms with van der Waals surface area (Å²) < 4.78 is 0. The van der Waals surface area contributed by atoms with Gasteiger partial charge in [-0.3, -0.25) is 9.69 Å². The van der Waals surface area contributed by atoms with Gasteiger partial charge >= 0.3 is 0 Å². The van der Waals surface area contributed by atoms with E-state index in [4.69, 9.17) is 0 Å². The number of hydrogen-bond donors (Lipinski definition) is 0. The number of benzene rings is 1. The summed E-state index contributed by atoms with van der Waals surface area (Å²) in [6.07, 6.45) is 1.02. The minimum Gasteiger partial charge on any atom is -0.333 e.